The van der Waals surface area contributed by atoms with Gasteiger partial charge in [-0.25, -0.2) is 0 Å². The molecule has 150 valence electrons. The first kappa shape index (κ1) is 18.6. The molecule has 0 fully saturated rings. The molecule has 0 saturated heterocycles. The van der Waals surface area contributed by atoms with E-state index in [-0.39, 0.29) is 0 Å². The summed E-state index contributed by atoms with van der Waals surface area (Å²) in [7, 11) is 2.19. The summed E-state index contributed by atoms with van der Waals surface area (Å²) in [6.45, 7) is 4.18. The standard InChI is InChI=1S/C26H26N4/c1-17-10-11-25-20(14-17)22-16-29(2)13-12-26(22)30(25)24-9-4-3-6-19(24)18-7-5-8-23(28)21(18)15-27/h3-11,14-15,27H,12-13,16,28H2,1-2H3. The maximum absolute atomic E-state index is 7.93. The lowest BCUT2D eigenvalue weighted by Crippen LogP contribution is -2.27. The minimum absolute atomic E-state index is 0.633. The van der Waals surface area contributed by atoms with Crippen molar-refractivity contribution in [2.24, 2.45) is 0 Å². The number of nitrogen functional groups attached to an aromatic ring is 1. The first-order chi connectivity index (χ1) is 14.6. The molecule has 30 heavy (non-hydrogen) atoms. The first-order valence-corrected chi connectivity index (χ1v) is 10.4. The van der Waals surface area contributed by atoms with Crippen LogP contribution in [0.15, 0.2) is 60.7 Å². The van der Waals surface area contributed by atoms with Crippen molar-refractivity contribution in [1.82, 2.24) is 9.47 Å². The summed E-state index contributed by atoms with van der Waals surface area (Å²) in [6, 6.07) is 21.1. The van der Waals surface area contributed by atoms with E-state index < -0.39 is 0 Å². The van der Waals surface area contributed by atoms with E-state index in [9.17, 15) is 0 Å². The Morgan fingerprint density at radius 3 is 2.63 bits per heavy atom. The summed E-state index contributed by atoms with van der Waals surface area (Å²) in [5.74, 6) is 0. The molecule has 4 nitrogen and oxygen atoms in total. The molecule has 1 aliphatic rings. The second-order valence-corrected chi connectivity index (χ2v) is 8.24. The van der Waals surface area contributed by atoms with Gasteiger partial charge in [-0.05, 0) is 49.4 Å². The van der Waals surface area contributed by atoms with Crippen LogP contribution in [-0.4, -0.2) is 29.3 Å². The molecule has 0 unspecified atom stereocenters. The molecular formula is C26H26N4. The molecule has 4 heteroatoms. The molecule has 3 aromatic carbocycles. The summed E-state index contributed by atoms with van der Waals surface area (Å²) >= 11 is 0. The molecule has 0 aliphatic carbocycles. The molecule has 2 heterocycles. The van der Waals surface area contributed by atoms with E-state index in [1.165, 1.54) is 33.9 Å². The number of nitrogens with two attached hydrogens (primary N) is 1. The van der Waals surface area contributed by atoms with Crippen LogP contribution in [0.4, 0.5) is 5.69 Å². The zero-order valence-electron chi connectivity index (χ0n) is 17.4. The van der Waals surface area contributed by atoms with Crippen molar-refractivity contribution in [3.8, 4) is 16.8 Å². The number of likely N-dealkylation sites (N-methyl/N-ethyl adjacent to an activating group) is 1. The van der Waals surface area contributed by atoms with Crippen molar-refractivity contribution >= 4 is 22.8 Å². The Bertz CT molecular complexity index is 1280. The third-order valence-electron chi connectivity index (χ3n) is 6.21. The highest BCUT2D eigenvalue weighted by atomic mass is 15.1. The summed E-state index contributed by atoms with van der Waals surface area (Å²) in [6.07, 6.45) is 2.38. The Balaban J connectivity index is 1.84. The molecule has 0 saturated carbocycles. The number of fused-ring (bicyclic) bond motifs is 3. The van der Waals surface area contributed by atoms with Crippen LogP contribution in [0, 0.1) is 12.3 Å². The molecule has 0 bridgehead atoms. The van der Waals surface area contributed by atoms with Crippen molar-refractivity contribution < 1.29 is 0 Å². The van der Waals surface area contributed by atoms with Gasteiger partial charge in [0.05, 0.1) is 11.2 Å². The average Bonchev–Trinajstić information content (AvgIpc) is 3.06. The number of nitrogens with one attached hydrogen (secondary N) is 1. The zero-order chi connectivity index (χ0) is 20.8. The number of benzene rings is 3. The minimum atomic E-state index is 0.633. The van der Waals surface area contributed by atoms with Gasteiger partial charge in [0.2, 0.25) is 0 Å². The second kappa shape index (κ2) is 7.15. The minimum Gasteiger partial charge on any atom is -0.398 e. The molecule has 0 spiro atoms. The van der Waals surface area contributed by atoms with Crippen molar-refractivity contribution in [2.75, 3.05) is 19.3 Å². The number of para-hydroxylation sites is 1. The fourth-order valence-electron chi connectivity index (χ4n) is 4.76. The fourth-order valence-corrected chi connectivity index (χ4v) is 4.76. The molecule has 0 amide bonds. The van der Waals surface area contributed by atoms with Crippen LogP contribution in [0.25, 0.3) is 27.7 Å². The smallest absolute Gasteiger partial charge is 0.0537 e. The van der Waals surface area contributed by atoms with Gasteiger partial charge >= 0.3 is 0 Å². The van der Waals surface area contributed by atoms with Crippen LogP contribution < -0.4 is 5.73 Å². The van der Waals surface area contributed by atoms with Gasteiger partial charge in [0, 0.05) is 53.6 Å². The van der Waals surface area contributed by atoms with Crippen molar-refractivity contribution in [3.63, 3.8) is 0 Å². The highest BCUT2D eigenvalue weighted by Crippen LogP contribution is 2.38. The van der Waals surface area contributed by atoms with E-state index in [1.807, 2.05) is 12.1 Å². The number of aryl methyl sites for hydroxylation is 1. The highest BCUT2D eigenvalue weighted by molar-refractivity contribution is 5.97. The van der Waals surface area contributed by atoms with Gasteiger partial charge in [-0.2, -0.15) is 0 Å². The number of hydrogen-bond acceptors (Lipinski definition) is 3. The van der Waals surface area contributed by atoms with Crippen LogP contribution in [-0.2, 0) is 13.0 Å². The lowest BCUT2D eigenvalue weighted by atomic mass is 9.97. The molecule has 0 radical (unpaired) electrons. The molecule has 1 aromatic heterocycles. The molecular weight excluding hydrogens is 368 g/mol. The van der Waals surface area contributed by atoms with Gasteiger partial charge in [-0.15, -0.1) is 0 Å². The van der Waals surface area contributed by atoms with Crippen LogP contribution >= 0.6 is 0 Å². The van der Waals surface area contributed by atoms with Crippen LogP contribution in [0.2, 0.25) is 0 Å². The molecule has 1 aliphatic heterocycles. The Kier molecular flexibility index (Phi) is 4.44. The largest absolute Gasteiger partial charge is 0.398 e. The number of nitrogens with zero attached hydrogens (tertiary/aromatic N) is 2. The predicted molar refractivity (Wildman–Crippen MR) is 126 cm³/mol. The lowest BCUT2D eigenvalue weighted by molar-refractivity contribution is 0.311. The Hall–Kier alpha value is -3.37. The number of hydrogen-bond donors (Lipinski definition) is 2. The molecule has 3 N–H and O–H groups in total. The van der Waals surface area contributed by atoms with Crippen LogP contribution in [0.5, 0.6) is 0 Å². The predicted octanol–water partition coefficient (Wildman–Crippen LogP) is 5.17. The molecule has 0 atom stereocenters. The van der Waals surface area contributed by atoms with E-state index in [0.29, 0.717) is 5.69 Å². The van der Waals surface area contributed by atoms with Crippen molar-refractivity contribution in [2.45, 2.75) is 19.9 Å². The van der Waals surface area contributed by atoms with Gasteiger partial charge in [-0.1, -0.05) is 42.0 Å². The quantitative estimate of drug-likeness (QED) is 0.372. The van der Waals surface area contributed by atoms with E-state index in [2.05, 4.69) is 72.0 Å². The Morgan fingerprint density at radius 1 is 1.00 bits per heavy atom. The number of anilines is 1. The van der Waals surface area contributed by atoms with Crippen molar-refractivity contribution in [3.05, 3.63) is 83.0 Å². The topological polar surface area (TPSA) is 58.0 Å². The maximum Gasteiger partial charge on any atom is 0.0537 e. The average molecular weight is 395 g/mol. The van der Waals surface area contributed by atoms with Gasteiger partial charge in [0.25, 0.3) is 0 Å². The number of rotatable bonds is 3. The van der Waals surface area contributed by atoms with E-state index >= 15 is 0 Å². The Labute approximate surface area is 177 Å². The van der Waals surface area contributed by atoms with Gasteiger partial charge in [0.1, 0.15) is 0 Å². The monoisotopic (exact) mass is 394 g/mol. The van der Waals surface area contributed by atoms with E-state index in [0.717, 1.165) is 41.9 Å². The number of aromatic nitrogens is 1. The molecule has 5 rings (SSSR count). The fraction of sp³-hybridized carbons (Fsp3) is 0.192. The zero-order valence-corrected chi connectivity index (χ0v) is 17.4. The van der Waals surface area contributed by atoms with Crippen molar-refractivity contribution in [1.29, 1.82) is 5.41 Å². The van der Waals surface area contributed by atoms with Gasteiger partial charge < -0.3 is 20.6 Å². The SMILES string of the molecule is Cc1ccc2c(c1)c1c(n2-c2ccccc2-c2cccc(N)c2C=N)CCN(C)C1. The third kappa shape index (κ3) is 2.84. The van der Waals surface area contributed by atoms with Gasteiger partial charge in [-0.3, -0.25) is 0 Å². The summed E-state index contributed by atoms with van der Waals surface area (Å²) < 4.78 is 2.43. The summed E-state index contributed by atoms with van der Waals surface area (Å²) in [4.78, 5) is 2.39. The van der Waals surface area contributed by atoms with Gasteiger partial charge in [0.15, 0.2) is 0 Å². The summed E-state index contributed by atoms with van der Waals surface area (Å²) in [5.41, 5.74) is 16.2. The van der Waals surface area contributed by atoms with Crippen LogP contribution in [0.1, 0.15) is 22.4 Å². The summed E-state index contributed by atoms with van der Waals surface area (Å²) in [5, 5.41) is 9.27. The first-order valence-electron chi connectivity index (χ1n) is 10.4. The van der Waals surface area contributed by atoms with Crippen LogP contribution in [0.3, 0.4) is 0 Å². The van der Waals surface area contributed by atoms with E-state index in [4.69, 9.17) is 11.1 Å². The van der Waals surface area contributed by atoms with E-state index in [1.54, 1.807) is 0 Å². The normalized spacial score (nSPS) is 14.1. The third-order valence-corrected chi connectivity index (χ3v) is 6.21. The molecule has 4 aromatic rings. The Morgan fingerprint density at radius 2 is 1.80 bits per heavy atom. The lowest BCUT2D eigenvalue weighted by Gasteiger charge is -2.25. The second-order valence-electron chi connectivity index (χ2n) is 8.24. The highest BCUT2D eigenvalue weighted by Gasteiger charge is 2.24. The maximum atomic E-state index is 7.93.